The lowest BCUT2D eigenvalue weighted by molar-refractivity contribution is -0.108. The Bertz CT molecular complexity index is 321. The van der Waals surface area contributed by atoms with E-state index in [1.54, 1.807) is 24.1 Å². The van der Waals surface area contributed by atoms with Crippen molar-refractivity contribution in [3.05, 3.63) is 34.9 Å². The Morgan fingerprint density at radius 1 is 1.22 bits per heavy atom. The Labute approximate surface area is 118 Å². The first kappa shape index (κ1) is 15.3. The molecule has 0 bridgehead atoms. The van der Waals surface area contributed by atoms with Crippen molar-refractivity contribution in [2.75, 3.05) is 13.1 Å². The quantitative estimate of drug-likeness (QED) is 0.461. The van der Waals surface area contributed by atoms with Crippen LogP contribution in [-0.4, -0.2) is 23.8 Å². The van der Waals surface area contributed by atoms with Crippen LogP contribution in [0.2, 0.25) is 0 Å². The van der Waals surface area contributed by atoms with Gasteiger partial charge in [-0.15, -0.1) is 0 Å². The molecule has 100 valence electrons. The Hall–Kier alpha value is -0.710. The second kappa shape index (κ2) is 10.2. The first-order chi connectivity index (χ1) is 8.86. The first-order valence-electron chi connectivity index (χ1n) is 6.12. The zero-order valence-electron chi connectivity index (χ0n) is 10.3. The summed E-state index contributed by atoms with van der Waals surface area (Å²) in [4.78, 5) is 10.4. The number of hydrogen-bond acceptors (Lipinski definition) is 3. The van der Waals surface area contributed by atoms with Crippen LogP contribution in [0.4, 0.5) is 0 Å². The number of hydrogen-bond donors (Lipinski definition) is 1. The first-order valence-corrected chi connectivity index (χ1v) is 7.39. The molecule has 0 aromatic carbocycles. The van der Waals surface area contributed by atoms with E-state index in [2.05, 4.69) is 9.62 Å². The molecule has 1 rings (SSSR count). The summed E-state index contributed by atoms with van der Waals surface area (Å²) in [7, 11) is 0. The van der Waals surface area contributed by atoms with Crippen molar-refractivity contribution in [2.24, 2.45) is 0 Å². The van der Waals surface area contributed by atoms with E-state index in [1.165, 1.54) is 31.2 Å². The van der Waals surface area contributed by atoms with Crippen molar-refractivity contribution in [1.82, 2.24) is 9.62 Å². The minimum Gasteiger partial charge on any atom is -0.329 e. The second-order valence-electron chi connectivity index (χ2n) is 3.95. The molecular formula is C13H19ClN2OS. The summed E-state index contributed by atoms with van der Waals surface area (Å²) >= 11 is 7.14. The van der Waals surface area contributed by atoms with E-state index < -0.39 is 0 Å². The summed E-state index contributed by atoms with van der Waals surface area (Å²) in [5.41, 5.74) is 2.13. The second-order valence-corrected chi connectivity index (χ2v) is 5.21. The lowest BCUT2D eigenvalue weighted by atomic mass is 10.2. The third-order valence-corrected chi connectivity index (χ3v) is 3.66. The Kier molecular flexibility index (Phi) is 8.73. The summed E-state index contributed by atoms with van der Waals surface area (Å²) in [6.07, 6.45) is 11.2. The molecule has 0 radical (unpaired) electrons. The van der Waals surface area contributed by atoms with Crippen molar-refractivity contribution in [3.8, 4) is 0 Å². The molecule has 1 fully saturated rings. The fourth-order valence-corrected chi connectivity index (χ4v) is 2.62. The zero-order valence-corrected chi connectivity index (χ0v) is 11.9. The van der Waals surface area contributed by atoms with Gasteiger partial charge in [-0.05, 0) is 36.5 Å². The molecule has 3 nitrogen and oxygen atoms in total. The molecule has 1 saturated heterocycles. The standard InChI is InChI=1S/C13H19ClN2OS/c14-8-5-6-13(15-12-17)7-11-18-16-9-3-1-2-4-10-16/h5-8,11-12H,1-4,9-10H2,(H,15,17)/b8-5+,11-7+,13-6+. The summed E-state index contributed by atoms with van der Waals surface area (Å²) in [5.74, 6) is 0. The van der Waals surface area contributed by atoms with E-state index in [-0.39, 0.29) is 0 Å². The van der Waals surface area contributed by atoms with Crippen molar-refractivity contribution < 1.29 is 4.79 Å². The third-order valence-electron chi connectivity index (χ3n) is 2.60. The van der Waals surface area contributed by atoms with Crippen LogP contribution in [0.3, 0.4) is 0 Å². The van der Waals surface area contributed by atoms with Gasteiger partial charge in [0.05, 0.1) is 0 Å². The van der Waals surface area contributed by atoms with Gasteiger partial charge in [0.25, 0.3) is 0 Å². The highest BCUT2D eigenvalue weighted by atomic mass is 35.5. The summed E-state index contributed by atoms with van der Waals surface area (Å²) in [5, 5.41) is 4.62. The molecule has 0 saturated carbocycles. The Morgan fingerprint density at radius 2 is 1.94 bits per heavy atom. The van der Waals surface area contributed by atoms with Gasteiger partial charge in [-0.25, -0.2) is 4.31 Å². The van der Waals surface area contributed by atoms with Crippen molar-refractivity contribution in [1.29, 1.82) is 0 Å². The van der Waals surface area contributed by atoms with Gasteiger partial charge in [-0.3, -0.25) is 4.79 Å². The number of nitrogens with zero attached hydrogens (tertiary/aromatic N) is 1. The highest BCUT2D eigenvalue weighted by Crippen LogP contribution is 2.18. The predicted octanol–water partition coefficient (Wildman–Crippen LogP) is 3.41. The largest absolute Gasteiger partial charge is 0.329 e. The molecule has 1 heterocycles. The minimum absolute atomic E-state index is 0.662. The van der Waals surface area contributed by atoms with Crippen molar-refractivity contribution in [3.63, 3.8) is 0 Å². The number of allylic oxidation sites excluding steroid dienone is 3. The third kappa shape index (κ3) is 6.89. The fraction of sp³-hybridized carbons (Fsp3) is 0.462. The van der Waals surface area contributed by atoms with Gasteiger partial charge in [0.2, 0.25) is 6.41 Å². The number of carbonyl (C=O) groups excluding carboxylic acids is 1. The average molecular weight is 287 g/mol. The summed E-state index contributed by atoms with van der Waals surface area (Å²) < 4.78 is 2.36. The van der Waals surface area contributed by atoms with E-state index in [1.807, 2.05) is 11.5 Å². The molecule has 1 aliphatic rings. The number of amides is 1. The maximum absolute atomic E-state index is 10.4. The molecule has 5 heteroatoms. The molecule has 0 atom stereocenters. The van der Waals surface area contributed by atoms with Gasteiger partial charge in [0.1, 0.15) is 0 Å². The smallest absolute Gasteiger partial charge is 0.211 e. The number of halogens is 1. The van der Waals surface area contributed by atoms with Crippen LogP contribution in [0.15, 0.2) is 34.9 Å². The predicted molar refractivity (Wildman–Crippen MR) is 79.0 cm³/mol. The molecule has 0 aromatic heterocycles. The van der Waals surface area contributed by atoms with E-state index in [0.29, 0.717) is 6.41 Å². The SMILES string of the molecule is O=CNC(/C=C/SN1CCCCCC1)=C/C=C/Cl. The summed E-state index contributed by atoms with van der Waals surface area (Å²) in [6.45, 7) is 2.27. The Balaban J connectivity index is 2.42. The van der Waals surface area contributed by atoms with E-state index in [0.717, 1.165) is 18.8 Å². The summed E-state index contributed by atoms with van der Waals surface area (Å²) in [6, 6.07) is 0. The van der Waals surface area contributed by atoms with Crippen LogP contribution in [0.25, 0.3) is 0 Å². The molecule has 0 spiro atoms. The van der Waals surface area contributed by atoms with E-state index >= 15 is 0 Å². The van der Waals surface area contributed by atoms with Crippen LogP contribution in [0.5, 0.6) is 0 Å². The van der Waals surface area contributed by atoms with Crippen LogP contribution in [-0.2, 0) is 4.79 Å². The minimum atomic E-state index is 0.662. The number of rotatable bonds is 6. The maximum Gasteiger partial charge on any atom is 0.211 e. The van der Waals surface area contributed by atoms with Gasteiger partial charge in [0.15, 0.2) is 0 Å². The van der Waals surface area contributed by atoms with Crippen LogP contribution >= 0.6 is 23.5 Å². The molecule has 0 unspecified atom stereocenters. The van der Waals surface area contributed by atoms with Crippen LogP contribution in [0, 0.1) is 0 Å². The van der Waals surface area contributed by atoms with Gasteiger partial charge >= 0.3 is 0 Å². The molecule has 1 aliphatic heterocycles. The van der Waals surface area contributed by atoms with Gasteiger partial charge in [0, 0.05) is 24.3 Å². The molecule has 1 amide bonds. The average Bonchev–Trinajstić information content (AvgIpc) is 2.64. The monoisotopic (exact) mass is 286 g/mol. The van der Waals surface area contributed by atoms with Crippen LogP contribution < -0.4 is 5.32 Å². The van der Waals surface area contributed by atoms with E-state index in [4.69, 9.17) is 11.6 Å². The lowest BCUT2D eigenvalue weighted by Crippen LogP contribution is -2.15. The lowest BCUT2D eigenvalue weighted by Gasteiger charge is -2.15. The van der Waals surface area contributed by atoms with Gasteiger partial charge in [-0.1, -0.05) is 36.4 Å². The zero-order chi connectivity index (χ0) is 13.1. The van der Waals surface area contributed by atoms with Gasteiger partial charge < -0.3 is 5.32 Å². The molecular weight excluding hydrogens is 268 g/mol. The van der Waals surface area contributed by atoms with Crippen LogP contribution in [0.1, 0.15) is 25.7 Å². The maximum atomic E-state index is 10.4. The van der Waals surface area contributed by atoms with Crippen molar-refractivity contribution in [2.45, 2.75) is 25.7 Å². The number of nitrogens with one attached hydrogen (secondary N) is 1. The normalized spacial score (nSPS) is 19.3. The Morgan fingerprint density at radius 3 is 2.56 bits per heavy atom. The number of carbonyl (C=O) groups is 1. The molecule has 1 N–H and O–H groups in total. The van der Waals surface area contributed by atoms with E-state index in [9.17, 15) is 4.79 Å². The highest BCUT2D eigenvalue weighted by Gasteiger charge is 2.07. The van der Waals surface area contributed by atoms with Crippen molar-refractivity contribution >= 4 is 30.0 Å². The molecule has 0 aliphatic carbocycles. The highest BCUT2D eigenvalue weighted by molar-refractivity contribution is 7.99. The fourth-order valence-electron chi connectivity index (χ4n) is 1.70. The van der Waals surface area contributed by atoms with Gasteiger partial charge in [-0.2, -0.15) is 0 Å². The topological polar surface area (TPSA) is 32.3 Å². The molecule has 0 aromatic rings. The molecule has 18 heavy (non-hydrogen) atoms.